The fraction of sp³-hybridized carbons (Fsp3) is 0.600. The summed E-state index contributed by atoms with van der Waals surface area (Å²) < 4.78 is 0. The summed E-state index contributed by atoms with van der Waals surface area (Å²) in [4.78, 5) is 21.4. The van der Waals surface area contributed by atoms with Crippen LogP contribution in [0.5, 0.6) is 0 Å². The van der Waals surface area contributed by atoms with Crippen LogP contribution in [-0.2, 0) is 9.59 Å². The molecule has 0 aliphatic carbocycles. The number of ketones is 1. The van der Waals surface area contributed by atoms with Gasteiger partial charge in [-0.3, -0.25) is 4.79 Å². The summed E-state index contributed by atoms with van der Waals surface area (Å²) >= 11 is 0. The van der Waals surface area contributed by atoms with E-state index in [2.05, 4.69) is 6.58 Å². The van der Waals surface area contributed by atoms with Crippen LogP contribution in [-0.4, -0.2) is 68.1 Å². The van der Waals surface area contributed by atoms with E-state index in [1.165, 1.54) is 6.92 Å². The van der Waals surface area contributed by atoms with Gasteiger partial charge in [-0.05, 0) is 12.5 Å². The van der Waals surface area contributed by atoms with Gasteiger partial charge in [0.1, 0.15) is 30.5 Å². The second-order valence-electron chi connectivity index (χ2n) is 3.69. The van der Waals surface area contributed by atoms with E-state index in [9.17, 15) is 30.0 Å². The van der Waals surface area contributed by atoms with Crippen molar-refractivity contribution in [3.8, 4) is 0 Å². The molecule has 5 atom stereocenters. The van der Waals surface area contributed by atoms with Crippen molar-refractivity contribution in [1.29, 1.82) is 0 Å². The molecule has 0 aromatic rings. The molecule has 0 aromatic heterocycles. The van der Waals surface area contributed by atoms with Crippen molar-refractivity contribution in [2.24, 2.45) is 0 Å². The van der Waals surface area contributed by atoms with E-state index in [0.717, 1.165) is 0 Å². The van der Waals surface area contributed by atoms with Crippen molar-refractivity contribution in [2.75, 3.05) is 0 Å². The number of carbonyl (C=O) groups excluding carboxylic acids is 2. The fourth-order valence-electron chi connectivity index (χ4n) is 1.08. The second kappa shape index (κ2) is 6.58. The third-order valence-corrected chi connectivity index (χ3v) is 2.20. The Hall–Kier alpha value is -1.12. The quantitative estimate of drug-likeness (QED) is 0.241. The summed E-state index contributed by atoms with van der Waals surface area (Å²) in [5.74, 6) is -0.913. The smallest absolute Gasteiger partial charge is 0.189 e. The number of rotatable bonds is 7. The van der Waals surface area contributed by atoms with Crippen LogP contribution in [0.3, 0.4) is 0 Å². The number of carbonyl (C=O) groups is 2. The van der Waals surface area contributed by atoms with Crippen LogP contribution in [0.4, 0.5) is 0 Å². The van der Waals surface area contributed by atoms with Crippen LogP contribution in [0.15, 0.2) is 12.2 Å². The number of hydrogen-bond donors (Lipinski definition) is 5. The van der Waals surface area contributed by atoms with Crippen LogP contribution >= 0.6 is 0 Å². The van der Waals surface area contributed by atoms with Crippen molar-refractivity contribution >= 4 is 12.1 Å². The van der Waals surface area contributed by atoms with Crippen molar-refractivity contribution in [3.63, 3.8) is 0 Å². The van der Waals surface area contributed by atoms with Crippen molar-refractivity contribution in [2.45, 2.75) is 37.4 Å². The molecule has 0 heterocycles. The monoisotopic (exact) mass is 248 g/mol. The lowest BCUT2D eigenvalue weighted by molar-refractivity contribution is -0.152. The number of Topliss-reactive ketones (excluding diaryl/α,β-unsaturated/α-hetero) is 1. The number of aldehydes is 1. The van der Waals surface area contributed by atoms with Gasteiger partial charge in [0.15, 0.2) is 12.1 Å². The minimum Gasteiger partial charge on any atom is -0.387 e. The van der Waals surface area contributed by atoms with Crippen molar-refractivity contribution < 1.29 is 35.1 Å². The zero-order valence-corrected chi connectivity index (χ0v) is 9.22. The normalized spacial score (nSPS) is 19.9. The molecule has 0 rings (SSSR count). The Balaban J connectivity index is 4.69. The summed E-state index contributed by atoms with van der Waals surface area (Å²) in [6.07, 6.45) is -10.1. The van der Waals surface area contributed by atoms with Crippen LogP contribution < -0.4 is 0 Å². The van der Waals surface area contributed by atoms with E-state index in [1.54, 1.807) is 0 Å². The van der Waals surface area contributed by atoms with Gasteiger partial charge < -0.3 is 30.3 Å². The Bertz CT molecular complexity index is 301. The molecule has 7 nitrogen and oxygen atoms in total. The molecule has 0 fully saturated rings. The average molecular weight is 248 g/mol. The molecule has 0 saturated heterocycles. The molecule has 17 heavy (non-hydrogen) atoms. The highest BCUT2D eigenvalue weighted by molar-refractivity contribution is 5.97. The zero-order valence-electron chi connectivity index (χ0n) is 9.22. The molecule has 0 aliphatic heterocycles. The largest absolute Gasteiger partial charge is 0.387 e. The van der Waals surface area contributed by atoms with Gasteiger partial charge in [-0.15, -0.1) is 0 Å². The van der Waals surface area contributed by atoms with Gasteiger partial charge in [0.2, 0.25) is 0 Å². The Labute approximate surface area is 97.6 Å². The van der Waals surface area contributed by atoms with E-state index in [-0.39, 0.29) is 11.9 Å². The van der Waals surface area contributed by atoms with Gasteiger partial charge in [-0.25, -0.2) is 0 Å². The maximum absolute atomic E-state index is 11.2. The summed E-state index contributed by atoms with van der Waals surface area (Å²) in [7, 11) is 0. The summed E-state index contributed by atoms with van der Waals surface area (Å²) in [5.41, 5.74) is -0.0471. The van der Waals surface area contributed by atoms with E-state index in [0.29, 0.717) is 0 Å². The molecule has 0 aliphatic rings. The molecular formula is C10H16O7. The van der Waals surface area contributed by atoms with Crippen LogP contribution in [0.2, 0.25) is 0 Å². The maximum Gasteiger partial charge on any atom is 0.189 e. The summed E-state index contributed by atoms with van der Waals surface area (Å²) in [6, 6.07) is 0. The van der Waals surface area contributed by atoms with Gasteiger partial charge in [0.05, 0.1) is 0 Å². The van der Waals surface area contributed by atoms with Crippen LogP contribution in [0.1, 0.15) is 6.92 Å². The Morgan fingerprint density at radius 3 is 1.88 bits per heavy atom. The van der Waals surface area contributed by atoms with Gasteiger partial charge in [-0.1, -0.05) is 6.58 Å². The molecule has 0 bridgehead atoms. The Morgan fingerprint density at radius 2 is 1.53 bits per heavy atom. The lowest BCUT2D eigenvalue weighted by atomic mass is 9.95. The van der Waals surface area contributed by atoms with Crippen molar-refractivity contribution in [3.05, 3.63) is 12.2 Å². The predicted octanol–water partition coefficient (Wildman–Crippen LogP) is -2.87. The molecule has 1 unspecified atom stereocenters. The zero-order chi connectivity index (χ0) is 13.7. The van der Waals surface area contributed by atoms with Gasteiger partial charge in [-0.2, -0.15) is 0 Å². The standard InChI is InChI=1S/C10H16O7/c1-4(2)6(13)8(15)10(17)9(16)7(14)5(12)3-11/h3,5,7-10,12,14-17H,1H2,2H3/t5-,7+,8?,9+,10+/m0/s1. The average Bonchev–Trinajstić information content (AvgIpc) is 2.32. The first-order valence-electron chi connectivity index (χ1n) is 4.79. The minimum absolute atomic E-state index is 0.0471. The third-order valence-electron chi connectivity index (χ3n) is 2.20. The first-order chi connectivity index (χ1) is 7.73. The number of aliphatic hydroxyl groups is 5. The highest BCUT2D eigenvalue weighted by atomic mass is 16.4. The molecule has 0 spiro atoms. The molecule has 7 heteroatoms. The molecule has 0 amide bonds. The predicted molar refractivity (Wildman–Crippen MR) is 55.9 cm³/mol. The lowest BCUT2D eigenvalue weighted by Crippen LogP contribution is -2.51. The lowest BCUT2D eigenvalue weighted by Gasteiger charge is -2.26. The molecule has 0 radical (unpaired) electrons. The number of aliphatic hydroxyl groups excluding tert-OH is 5. The first-order valence-corrected chi connectivity index (χ1v) is 4.79. The van der Waals surface area contributed by atoms with E-state index < -0.39 is 36.3 Å². The second-order valence-corrected chi connectivity index (χ2v) is 3.69. The minimum atomic E-state index is -2.05. The van der Waals surface area contributed by atoms with Gasteiger partial charge in [0.25, 0.3) is 0 Å². The van der Waals surface area contributed by atoms with Crippen LogP contribution in [0.25, 0.3) is 0 Å². The molecule has 0 aromatic carbocycles. The highest BCUT2D eigenvalue weighted by Crippen LogP contribution is 2.10. The summed E-state index contributed by atoms with van der Waals surface area (Å²) in [6.45, 7) is 4.54. The van der Waals surface area contributed by atoms with E-state index in [4.69, 9.17) is 5.11 Å². The SMILES string of the molecule is C=C(C)C(=O)C(O)[C@@H](O)[C@H](O)[C@H](O)[C@@H](O)C=O. The van der Waals surface area contributed by atoms with E-state index >= 15 is 0 Å². The third kappa shape index (κ3) is 3.99. The van der Waals surface area contributed by atoms with Gasteiger partial charge >= 0.3 is 0 Å². The first kappa shape index (κ1) is 15.9. The highest BCUT2D eigenvalue weighted by Gasteiger charge is 2.37. The van der Waals surface area contributed by atoms with Gasteiger partial charge in [0, 0.05) is 0 Å². The van der Waals surface area contributed by atoms with E-state index in [1.807, 2.05) is 0 Å². The fourth-order valence-corrected chi connectivity index (χ4v) is 1.08. The molecule has 98 valence electrons. The topological polar surface area (TPSA) is 135 Å². The molecular weight excluding hydrogens is 232 g/mol. The molecule has 0 saturated carbocycles. The number of hydrogen-bond acceptors (Lipinski definition) is 7. The summed E-state index contributed by atoms with van der Waals surface area (Å²) in [5, 5.41) is 46.1. The Morgan fingerprint density at radius 1 is 1.06 bits per heavy atom. The molecule has 5 N–H and O–H groups in total. The van der Waals surface area contributed by atoms with Crippen LogP contribution in [0, 0.1) is 0 Å². The Kier molecular flexibility index (Phi) is 6.14. The maximum atomic E-state index is 11.2. The van der Waals surface area contributed by atoms with Crippen molar-refractivity contribution in [1.82, 2.24) is 0 Å².